The molecule has 0 aliphatic carbocycles. The van der Waals surface area contributed by atoms with Crippen LogP contribution < -0.4 is 5.32 Å². The third kappa shape index (κ3) is 7.89. The van der Waals surface area contributed by atoms with E-state index in [-0.39, 0.29) is 0 Å². The van der Waals surface area contributed by atoms with Gasteiger partial charge in [-0.25, -0.2) is 0 Å². The van der Waals surface area contributed by atoms with Gasteiger partial charge < -0.3 is 19.7 Å². The van der Waals surface area contributed by atoms with Crippen LogP contribution in [0.1, 0.15) is 37.3 Å². The van der Waals surface area contributed by atoms with Gasteiger partial charge in [-0.3, -0.25) is 9.89 Å². The van der Waals surface area contributed by atoms with Crippen LogP contribution in [-0.4, -0.2) is 81.5 Å². The Kier molecular flexibility index (Phi) is 9.93. The Labute approximate surface area is 182 Å². The maximum Gasteiger partial charge on any atom is 0.194 e. The number of hydrogen-bond acceptors (Lipinski definition) is 4. The Morgan fingerprint density at radius 2 is 2.00 bits per heavy atom. The largest absolute Gasteiger partial charge is 0.381 e. The maximum absolute atomic E-state index is 5.87. The fourth-order valence-electron chi connectivity index (χ4n) is 4.13. The van der Waals surface area contributed by atoms with Gasteiger partial charge in [0.25, 0.3) is 0 Å². The topological polar surface area (TPSA) is 49.3 Å². The highest BCUT2D eigenvalue weighted by Crippen LogP contribution is 2.15. The fraction of sp³-hybridized carbons (Fsp3) is 0.708. The zero-order chi connectivity index (χ0) is 21.0. The van der Waals surface area contributed by atoms with E-state index in [9.17, 15) is 0 Å². The van der Waals surface area contributed by atoms with E-state index < -0.39 is 0 Å². The maximum atomic E-state index is 5.87. The second-order valence-electron chi connectivity index (χ2n) is 8.47. The summed E-state index contributed by atoms with van der Waals surface area (Å²) in [5.41, 5.74) is 2.74. The Bertz CT molecular complexity index is 638. The van der Waals surface area contributed by atoms with Crippen LogP contribution in [0.5, 0.6) is 0 Å². The summed E-state index contributed by atoms with van der Waals surface area (Å²) in [6.45, 7) is 14.7. The van der Waals surface area contributed by atoms with Gasteiger partial charge >= 0.3 is 0 Å². The van der Waals surface area contributed by atoms with Crippen molar-refractivity contribution in [3.63, 3.8) is 0 Å². The molecule has 0 radical (unpaired) electrons. The van der Waals surface area contributed by atoms with E-state index in [0.29, 0.717) is 5.92 Å². The third-order valence-electron chi connectivity index (χ3n) is 5.90. The molecule has 2 fully saturated rings. The van der Waals surface area contributed by atoms with Crippen molar-refractivity contribution in [1.29, 1.82) is 0 Å². The number of nitrogens with zero attached hydrogens (tertiary/aromatic N) is 3. The van der Waals surface area contributed by atoms with Crippen molar-refractivity contribution in [3.8, 4) is 0 Å². The molecular formula is C24H40N4O2. The van der Waals surface area contributed by atoms with Crippen LogP contribution in [0.3, 0.4) is 0 Å². The van der Waals surface area contributed by atoms with Crippen LogP contribution in [0, 0.1) is 12.8 Å². The summed E-state index contributed by atoms with van der Waals surface area (Å²) >= 11 is 0. The zero-order valence-electron chi connectivity index (χ0n) is 18.9. The summed E-state index contributed by atoms with van der Waals surface area (Å²) in [5.74, 6) is 1.73. The smallest absolute Gasteiger partial charge is 0.194 e. The van der Waals surface area contributed by atoms with Crippen LogP contribution in [-0.2, 0) is 16.0 Å². The average molecular weight is 417 g/mol. The first-order chi connectivity index (χ1) is 14.7. The molecule has 168 valence electrons. The first-order valence-corrected chi connectivity index (χ1v) is 11.7. The summed E-state index contributed by atoms with van der Waals surface area (Å²) < 4.78 is 11.3. The molecule has 1 aromatic rings. The fourth-order valence-corrected chi connectivity index (χ4v) is 4.13. The number of ether oxygens (including phenoxy) is 2. The lowest BCUT2D eigenvalue weighted by molar-refractivity contribution is 0.0205. The molecule has 0 aromatic heterocycles. The van der Waals surface area contributed by atoms with E-state index in [0.717, 1.165) is 97.5 Å². The predicted octanol–water partition coefficient (Wildman–Crippen LogP) is 2.91. The predicted molar refractivity (Wildman–Crippen MR) is 123 cm³/mol. The molecular weight excluding hydrogens is 376 g/mol. The molecule has 0 unspecified atom stereocenters. The molecule has 6 nitrogen and oxygen atoms in total. The second-order valence-corrected chi connectivity index (χ2v) is 8.47. The third-order valence-corrected chi connectivity index (χ3v) is 5.90. The highest BCUT2D eigenvalue weighted by Gasteiger charge is 2.19. The lowest BCUT2D eigenvalue weighted by Gasteiger charge is -2.36. The number of hydrogen-bond donors (Lipinski definition) is 1. The molecule has 30 heavy (non-hydrogen) atoms. The number of aliphatic imine (C=N–C) groups is 1. The van der Waals surface area contributed by atoms with Crippen molar-refractivity contribution in [2.75, 3.05) is 65.7 Å². The van der Waals surface area contributed by atoms with Gasteiger partial charge in [0.15, 0.2) is 5.96 Å². The lowest BCUT2D eigenvalue weighted by Crippen LogP contribution is -2.52. The highest BCUT2D eigenvalue weighted by atomic mass is 16.5. The standard InChI is InChI=1S/C24H40N4O2/c1-3-25-24(26-10-5-15-30-20-22-8-16-29-17-9-22)28-13-11-27(12-14-28)19-23-7-4-6-21(2)18-23/h4,6-7,18,22H,3,5,8-17,19-20H2,1-2H3,(H,25,26). The SMILES string of the molecule is CCNC(=NCCCOCC1CCOCC1)N1CCN(Cc2cccc(C)c2)CC1. The minimum Gasteiger partial charge on any atom is -0.381 e. The molecule has 0 amide bonds. The van der Waals surface area contributed by atoms with Gasteiger partial charge in [-0.2, -0.15) is 0 Å². The Morgan fingerprint density at radius 3 is 2.73 bits per heavy atom. The van der Waals surface area contributed by atoms with Gasteiger partial charge in [0.1, 0.15) is 0 Å². The van der Waals surface area contributed by atoms with E-state index in [1.54, 1.807) is 0 Å². The van der Waals surface area contributed by atoms with Crippen LogP contribution in [0.2, 0.25) is 0 Å². The van der Waals surface area contributed by atoms with E-state index in [4.69, 9.17) is 14.5 Å². The number of nitrogens with one attached hydrogen (secondary N) is 1. The van der Waals surface area contributed by atoms with Gasteiger partial charge in [-0.05, 0) is 44.6 Å². The van der Waals surface area contributed by atoms with Crippen LogP contribution in [0.15, 0.2) is 29.3 Å². The normalized spacial score (nSPS) is 19.3. The molecule has 1 N–H and O–H groups in total. The van der Waals surface area contributed by atoms with Crippen molar-refractivity contribution in [1.82, 2.24) is 15.1 Å². The Morgan fingerprint density at radius 1 is 1.20 bits per heavy atom. The number of rotatable bonds is 9. The number of piperazine rings is 1. The van der Waals surface area contributed by atoms with Gasteiger partial charge in [0.2, 0.25) is 0 Å². The van der Waals surface area contributed by atoms with E-state index in [2.05, 4.69) is 53.2 Å². The van der Waals surface area contributed by atoms with Crippen LogP contribution >= 0.6 is 0 Å². The van der Waals surface area contributed by atoms with Gasteiger partial charge in [-0.1, -0.05) is 29.8 Å². The number of benzene rings is 1. The monoisotopic (exact) mass is 416 g/mol. The summed E-state index contributed by atoms with van der Waals surface area (Å²) in [5, 5.41) is 3.47. The molecule has 0 atom stereocenters. The lowest BCUT2D eigenvalue weighted by atomic mass is 10.0. The van der Waals surface area contributed by atoms with Crippen molar-refractivity contribution in [3.05, 3.63) is 35.4 Å². The van der Waals surface area contributed by atoms with Gasteiger partial charge in [-0.15, -0.1) is 0 Å². The molecule has 2 heterocycles. The molecule has 6 heteroatoms. The molecule has 2 saturated heterocycles. The molecule has 3 rings (SSSR count). The second kappa shape index (κ2) is 12.9. The molecule has 1 aromatic carbocycles. The molecule has 2 aliphatic rings. The average Bonchev–Trinajstić information content (AvgIpc) is 2.77. The van der Waals surface area contributed by atoms with E-state index >= 15 is 0 Å². The van der Waals surface area contributed by atoms with Crippen molar-refractivity contribution < 1.29 is 9.47 Å². The first-order valence-electron chi connectivity index (χ1n) is 11.7. The van der Waals surface area contributed by atoms with Crippen molar-refractivity contribution >= 4 is 5.96 Å². The first kappa shape index (κ1) is 23.0. The molecule has 0 saturated carbocycles. The van der Waals surface area contributed by atoms with Gasteiger partial charge in [0.05, 0.1) is 0 Å². The highest BCUT2D eigenvalue weighted by molar-refractivity contribution is 5.80. The Hall–Kier alpha value is -1.63. The minimum absolute atomic E-state index is 0.677. The summed E-state index contributed by atoms with van der Waals surface area (Å²) in [7, 11) is 0. The van der Waals surface area contributed by atoms with Gasteiger partial charge in [0, 0.05) is 72.2 Å². The zero-order valence-corrected chi connectivity index (χ0v) is 18.9. The van der Waals surface area contributed by atoms with E-state index in [1.165, 1.54) is 11.1 Å². The van der Waals surface area contributed by atoms with Crippen molar-refractivity contribution in [2.24, 2.45) is 10.9 Å². The molecule has 0 spiro atoms. The molecule has 0 bridgehead atoms. The summed E-state index contributed by atoms with van der Waals surface area (Å²) in [6.07, 6.45) is 3.25. The summed E-state index contributed by atoms with van der Waals surface area (Å²) in [6, 6.07) is 8.85. The Balaban J connectivity index is 1.35. The quantitative estimate of drug-likeness (QED) is 0.381. The number of guanidine groups is 1. The van der Waals surface area contributed by atoms with Crippen LogP contribution in [0.4, 0.5) is 0 Å². The molecule has 2 aliphatic heterocycles. The van der Waals surface area contributed by atoms with E-state index in [1.807, 2.05) is 0 Å². The van der Waals surface area contributed by atoms with Crippen molar-refractivity contribution in [2.45, 2.75) is 39.7 Å². The van der Waals surface area contributed by atoms with Crippen LogP contribution in [0.25, 0.3) is 0 Å². The summed E-state index contributed by atoms with van der Waals surface area (Å²) in [4.78, 5) is 9.80. The minimum atomic E-state index is 0.677. The number of aryl methyl sites for hydroxylation is 1.